The molecule has 0 heterocycles. The molecule has 1 aromatic carbocycles. The molecule has 0 saturated heterocycles. The van der Waals surface area contributed by atoms with Crippen molar-refractivity contribution in [3.63, 3.8) is 0 Å². The van der Waals surface area contributed by atoms with Gasteiger partial charge in [-0.3, -0.25) is 4.79 Å². The molecule has 0 saturated carbocycles. The van der Waals surface area contributed by atoms with Crippen LogP contribution in [0.4, 0.5) is 10.1 Å². The SMILES string of the molecule is CN(CCOCCO)C(=O)c1ccc(N)cc1F. The number of aliphatic hydroxyl groups is 1. The third-order valence-corrected chi connectivity index (χ3v) is 2.38. The largest absolute Gasteiger partial charge is 0.399 e. The number of halogens is 1. The van der Waals surface area contributed by atoms with E-state index in [4.69, 9.17) is 15.6 Å². The molecule has 1 rings (SSSR count). The quantitative estimate of drug-likeness (QED) is 0.573. The summed E-state index contributed by atoms with van der Waals surface area (Å²) < 4.78 is 18.5. The van der Waals surface area contributed by atoms with Crippen molar-refractivity contribution in [2.75, 3.05) is 39.1 Å². The number of rotatable bonds is 6. The van der Waals surface area contributed by atoms with Crippen molar-refractivity contribution in [2.45, 2.75) is 0 Å². The minimum atomic E-state index is -0.636. The normalized spacial score (nSPS) is 10.4. The highest BCUT2D eigenvalue weighted by Gasteiger charge is 2.15. The van der Waals surface area contributed by atoms with E-state index in [1.165, 1.54) is 17.0 Å². The Morgan fingerprint density at radius 2 is 2.22 bits per heavy atom. The molecule has 0 bridgehead atoms. The van der Waals surface area contributed by atoms with Gasteiger partial charge in [0.05, 0.1) is 25.4 Å². The van der Waals surface area contributed by atoms with Gasteiger partial charge in [0.1, 0.15) is 5.82 Å². The summed E-state index contributed by atoms with van der Waals surface area (Å²) in [6.07, 6.45) is 0. The Labute approximate surface area is 105 Å². The molecule has 0 fully saturated rings. The van der Waals surface area contributed by atoms with Crippen molar-refractivity contribution < 1.29 is 19.0 Å². The van der Waals surface area contributed by atoms with E-state index in [9.17, 15) is 9.18 Å². The van der Waals surface area contributed by atoms with Crippen LogP contribution in [0.1, 0.15) is 10.4 Å². The van der Waals surface area contributed by atoms with Crippen LogP contribution in [0.5, 0.6) is 0 Å². The number of aliphatic hydroxyl groups excluding tert-OH is 1. The summed E-state index contributed by atoms with van der Waals surface area (Å²) in [5.41, 5.74) is 5.67. The molecule has 0 aliphatic carbocycles. The lowest BCUT2D eigenvalue weighted by molar-refractivity contribution is 0.0615. The monoisotopic (exact) mass is 256 g/mol. The zero-order valence-electron chi connectivity index (χ0n) is 10.2. The number of nitrogens with zero attached hydrogens (tertiary/aromatic N) is 1. The maximum absolute atomic E-state index is 13.5. The third kappa shape index (κ3) is 3.97. The van der Waals surface area contributed by atoms with Crippen molar-refractivity contribution in [3.8, 4) is 0 Å². The first-order chi connectivity index (χ1) is 8.56. The number of carbonyl (C=O) groups excluding carboxylic acids is 1. The van der Waals surface area contributed by atoms with E-state index in [0.717, 1.165) is 6.07 Å². The van der Waals surface area contributed by atoms with E-state index >= 15 is 0 Å². The van der Waals surface area contributed by atoms with Crippen molar-refractivity contribution >= 4 is 11.6 Å². The third-order valence-electron chi connectivity index (χ3n) is 2.38. The van der Waals surface area contributed by atoms with Crippen LogP contribution in [0.15, 0.2) is 18.2 Å². The summed E-state index contributed by atoms with van der Waals surface area (Å²) in [4.78, 5) is 13.2. The van der Waals surface area contributed by atoms with E-state index in [-0.39, 0.29) is 24.5 Å². The zero-order valence-corrected chi connectivity index (χ0v) is 10.2. The second-order valence-electron chi connectivity index (χ2n) is 3.80. The van der Waals surface area contributed by atoms with Gasteiger partial charge in [-0.25, -0.2) is 4.39 Å². The van der Waals surface area contributed by atoms with Crippen LogP contribution in [0, 0.1) is 5.82 Å². The molecular weight excluding hydrogens is 239 g/mol. The number of hydrogen-bond acceptors (Lipinski definition) is 4. The molecule has 6 heteroatoms. The van der Waals surface area contributed by atoms with Crippen LogP contribution < -0.4 is 5.73 Å². The van der Waals surface area contributed by atoms with Crippen LogP contribution in [0.2, 0.25) is 0 Å². The number of anilines is 1. The Morgan fingerprint density at radius 3 is 2.83 bits per heavy atom. The number of ether oxygens (including phenoxy) is 1. The molecule has 0 aliphatic heterocycles. The van der Waals surface area contributed by atoms with Gasteiger partial charge in [0.2, 0.25) is 0 Å². The second kappa shape index (κ2) is 6.93. The summed E-state index contributed by atoms with van der Waals surface area (Å²) in [6.45, 7) is 0.768. The van der Waals surface area contributed by atoms with Gasteiger partial charge in [0, 0.05) is 19.3 Å². The molecule has 100 valence electrons. The predicted octanol–water partition coefficient (Wildman–Crippen LogP) is 0.489. The fraction of sp³-hybridized carbons (Fsp3) is 0.417. The van der Waals surface area contributed by atoms with E-state index in [1.807, 2.05) is 0 Å². The summed E-state index contributed by atoms with van der Waals surface area (Å²) in [5.74, 6) is -1.07. The molecule has 0 spiro atoms. The van der Waals surface area contributed by atoms with Gasteiger partial charge in [0.15, 0.2) is 0 Å². The van der Waals surface area contributed by atoms with Gasteiger partial charge in [-0.2, -0.15) is 0 Å². The Hall–Kier alpha value is -1.66. The van der Waals surface area contributed by atoms with Gasteiger partial charge in [-0.05, 0) is 18.2 Å². The molecule has 1 amide bonds. The fourth-order valence-electron chi connectivity index (χ4n) is 1.38. The lowest BCUT2D eigenvalue weighted by Gasteiger charge is -2.17. The van der Waals surface area contributed by atoms with E-state index < -0.39 is 11.7 Å². The van der Waals surface area contributed by atoms with Gasteiger partial charge in [-0.15, -0.1) is 0 Å². The highest BCUT2D eigenvalue weighted by Crippen LogP contribution is 2.13. The average Bonchev–Trinajstić information content (AvgIpc) is 2.33. The predicted molar refractivity (Wildman–Crippen MR) is 65.7 cm³/mol. The molecular formula is C12H17FN2O3. The average molecular weight is 256 g/mol. The maximum Gasteiger partial charge on any atom is 0.256 e. The van der Waals surface area contributed by atoms with Crippen molar-refractivity contribution in [2.24, 2.45) is 0 Å². The van der Waals surface area contributed by atoms with Crippen LogP contribution in [-0.2, 0) is 4.74 Å². The molecule has 0 unspecified atom stereocenters. The molecule has 5 nitrogen and oxygen atoms in total. The Balaban J connectivity index is 2.57. The lowest BCUT2D eigenvalue weighted by Crippen LogP contribution is -2.31. The number of hydrogen-bond donors (Lipinski definition) is 2. The summed E-state index contributed by atoms with van der Waals surface area (Å²) in [5, 5.41) is 8.51. The summed E-state index contributed by atoms with van der Waals surface area (Å²) in [6, 6.07) is 3.95. The maximum atomic E-state index is 13.5. The van der Waals surface area contributed by atoms with Crippen molar-refractivity contribution in [3.05, 3.63) is 29.6 Å². The second-order valence-corrected chi connectivity index (χ2v) is 3.80. The fourth-order valence-corrected chi connectivity index (χ4v) is 1.38. The highest BCUT2D eigenvalue weighted by molar-refractivity contribution is 5.94. The molecule has 0 aliphatic rings. The van der Waals surface area contributed by atoms with Gasteiger partial charge in [0.25, 0.3) is 5.91 Å². The number of benzene rings is 1. The lowest BCUT2D eigenvalue weighted by atomic mass is 10.1. The molecule has 3 N–H and O–H groups in total. The topological polar surface area (TPSA) is 75.8 Å². The summed E-state index contributed by atoms with van der Waals surface area (Å²) in [7, 11) is 1.56. The molecule has 0 radical (unpaired) electrons. The first-order valence-corrected chi connectivity index (χ1v) is 5.55. The summed E-state index contributed by atoms with van der Waals surface area (Å²) >= 11 is 0. The zero-order chi connectivity index (χ0) is 13.5. The Bertz CT molecular complexity index is 412. The molecule has 1 aromatic rings. The van der Waals surface area contributed by atoms with Crippen molar-refractivity contribution in [1.82, 2.24) is 4.90 Å². The number of nitrogens with two attached hydrogens (primary N) is 1. The van der Waals surface area contributed by atoms with Crippen LogP contribution in [-0.4, -0.2) is 49.3 Å². The van der Waals surface area contributed by atoms with E-state index in [0.29, 0.717) is 13.2 Å². The first kappa shape index (κ1) is 14.4. The van der Waals surface area contributed by atoms with Crippen LogP contribution in [0.25, 0.3) is 0 Å². The molecule has 0 aromatic heterocycles. The number of amides is 1. The minimum Gasteiger partial charge on any atom is -0.399 e. The number of carbonyl (C=O) groups is 1. The Morgan fingerprint density at radius 1 is 1.50 bits per heavy atom. The highest BCUT2D eigenvalue weighted by atomic mass is 19.1. The van der Waals surface area contributed by atoms with Crippen LogP contribution >= 0.6 is 0 Å². The van der Waals surface area contributed by atoms with E-state index in [1.54, 1.807) is 7.05 Å². The van der Waals surface area contributed by atoms with Gasteiger partial charge >= 0.3 is 0 Å². The molecule has 18 heavy (non-hydrogen) atoms. The first-order valence-electron chi connectivity index (χ1n) is 5.55. The van der Waals surface area contributed by atoms with E-state index in [2.05, 4.69) is 0 Å². The number of likely N-dealkylation sites (N-methyl/N-ethyl adjacent to an activating group) is 1. The van der Waals surface area contributed by atoms with Crippen molar-refractivity contribution in [1.29, 1.82) is 0 Å². The number of nitrogen functional groups attached to an aromatic ring is 1. The minimum absolute atomic E-state index is 0.0196. The van der Waals surface area contributed by atoms with Crippen LogP contribution in [0.3, 0.4) is 0 Å². The van der Waals surface area contributed by atoms with Gasteiger partial charge < -0.3 is 20.5 Å². The standard InChI is InChI=1S/C12H17FN2O3/c1-15(4-6-18-7-5-16)12(17)10-3-2-9(14)8-11(10)13/h2-3,8,16H,4-7,14H2,1H3. The van der Waals surface area contributed by atoms with Gasteiger partial charge in [-0.1, -0.05) is 0 Å². The molecule has 0 atom stereocenters. The Kier molecular flexibility index (Phi) is 5.54. The smallest absolute Gasteiger partial charge is 0.256 e.